The number of H-pyrrole nitrogens is 1. The highest BCUT2D eigenvalue weighted by molar-refractivity contribution is 5.95. The van der Waals surface area contributed by atoms with Crippen molar-refractivity contribution in [3.63, 3.8) is 0 Å². The third-order valence-corrected chi connectivity index (χ3v) is 6.04. The first-order chi connectivity index (χ1) is 15.5. The zero-order valence-corrected chi connectivity index (χ0v) is 19.1. The van der Waals surface area contributed by atoms with Gasteiger partial charge >= 0.3 is 0 Å². The number of nitrogens with one attached hydrogen (secondary N) is 2. The predicted molar refractivity (Wildman–Crippen MR) is 122 cm³/mol. The lowest BCUT2D eigenvalue weighted by atomic mass is 9.97. The van der Waals surface area contributed by atoms with Crippen LogP contribution in [-0.2, 0) is 6.42 Å². The first-order valence-corrected chi connectivity index (χ1v) is 11.4. The number of aryl methyl sites for hydroxylation is 1. The van der Waals surface area contributed by atoms with Crippen LogP contribution in [0.4, 0.5) is 0 Å². The minimum absolute atomic E-state index is 0.118. The number of unbranched alkanes of at least 4 members (excludes halogenated alkanes) is 1. The molecular weight excluding hydrogens is 408 g/mol. The molecule has 3 aromatic heterocycles. The van der Waals surface area contributed by atoms with Gasteiger partial charge in [0.2, 0.25) is 5.88 Å². The molecule has 1 fully saturated rings. The number of ether oxygens (including phenoxy) is 1. The molecule has 1 saturated heterocycles. The van der Waals surface area contributed by atoms with Crippen LogP contribution in [0.1, 0.15) is 69.1 Å². The molecular formula is C23H30N6O3. The lowest BCUT2D eigenvalue weighted by Crippen LogP contribution is -2.53. The maximum absolute atomic E-state index is 13.0. The Labute approximate surface area is 186 Å². The number of carbonyl (C=O) groups is 1. The number of pyridine rings is 1. The number of rotatable bonds is 9. The zero-order chi connectivity index (χ0) is 22.8. The van der Waals surface area contributed by atoms with Gasteiger partial charge < -0.3 is 15.0 Å². The molecule has 1 aliphatic rings. The Balaban J connectivity index is 1.85. The lowest BCUT2D eigenvalue weighted by molar-refractivity contribution is 0.101. The second kappa shape index (κ2) is 9.20. The Hall–Kier alpha value is -3.07. The van der Waals surface area contributed by atoms with Crippen molar-refractivity contribution in [2.24, 2.45) is 0 Å². The normalized spacial score (nSPS) is 18.0. The fraction of sp³-hybridized carbons (Fsp3) is 0.522. The highest BCUT2D eigenvalue weighted by Gasteiger charge is 2.33. The van der Waals surface area contributed by atoms with Gasteiger partial charge in [-0.05, 0) is 32.3 Å². The number of Topliss-reactive ketones (excluding diaryl/α,β-unsaturated/α-hetero) is 1. The molecule has 3 aromatic rings. The summed E-state index contributed by atoms with van der Waals surface area (Å²) in [6.45, 7) is 9.05. The maximum atomic E-state index is 13.0. The first-order valence-electron chi connectivity index (χ1n) is 11.4. The van der Waals surface area contributed by atoms with Crippen molar-refractivity contribution >= 4 is 16.8 Å². The molecule has 0 aromatic carbocycles. The van der Waals surface area contributed by atoms with E-state index in [0.717, 1.165) is 31.5 Å². The van der Waals surface area contributed by atoms with Gasteiger partial charge in [-0.3, -0.25) is 14.3 Å². The van der Waals surface area contributed by atoms with Crippen molar-refractivity contribution in [3.05, 3.63) is 33.9 Å². The van der Waals surface area contributed by atoms with Gasteiger partial charge in [0.25, 0.3) is 5.56 Å². The van der Waals surface area contributed by atoms with Gasteiger partial charge in [0.15, 0.2) is 11.3 Å². The third-order valence-electron chi connectivity index (χ3n) is 6.04. The Morgan fingerprint density at radius 3 is 2.72 bits per heavy atom. The molecule has 0 spiro atoms. The summed E-state index contributed by atoms with van der Waals surface area (Å²) in [5.74, 6) is 0.565. The van der Waals surface area contributed by atoms with Crippen molar-refractivity contribution < 1.29 is 9.53 Å². The van der Waals surface area contributed by atoms with Crippen LogP contribution in [0.2, 0.25) is 0 Å². The fourth-order valence-electron chi connectivity index (χ4n) is 4.07. The minimum Gasteiger partial charge on any atom is -0.477 e. The summed E-state index contributed by atoms with van der Waals surface area (Å²) in [7, 11) is 0. The average Bonchev–Trinajstić information content (AvgIpc) is 3.11. The second-order valence-corrected chi connectivity index (χ2v) is 8.18. The summed E-state index contributed by atoms with van der Waals surface area (Å²) in [5, 5.41) is 8.05. The Bertz CT molecular complexity index is 1200. The summed E-state index contributed by atoms with van der Waals surface area (Å²) in [5.41, 5.74) is 2.47. The van der Waals surface area contributed by atoms with Crippen molar-refractivity contribution in [1.29, 1.82) is 0 Å². The summed E-state index contributed by atoms with van der Waals surface area (Å²) >= 11 is 0. The van der Waals surface area contributed by atoms with Crippen molar-refractivity contribution in [3.8, 4) is 17.3 Å². The Morgan fingerprint density at radius 2 is 2.09 bits per heavy atom. The smallest absolute Gasteiger partial charge is 0.279 e. The van der Waals surface area contributed by atoms with E-state index < -0.39 is 0 Å². The van der Waals surface area contributed by atoms with E-state index in [9.17, 15) is 9.59 Å². The molecule has 2 atom stereocenters. The van der Waals surface area contributed by atoms with Crippen LogP contribution in [-0.4, -0.2) is 49.7 Å². The summed E-state index contributed by atoms with van der Waals surface area (Å²) in [4.78, 5) is 36.9. The summed E-state index contributed by atoms with van der Waals surface area (Å²) in [6.07, 6.45) is 5.04. The van der Waals surface area contributed by atoms with Crippen LogP contribution in [0.3, 0.4) is 0 Å². The molecule has 32 heavy (non-hydrogen) atoms. The molecule has 0 saturated carbocycles. The van der Waals surface area contributed by atoms with E-state index in [-0.39, 0.29) is 17.4 Å². The molecule has 4 rings (SSSR count). The van der Waals surface area contributed by atoms with E-state index in [1.54, 1.807) is 6.07 Å². The number of aromatic amines is 1. The van der Waals surface area contributed by atoms with Gasteiger partial charge in [-0.15, -0.1) is 0 Å². The summed E-state index contributed by atoms with van der Waals surface area (Å²) in [6, 6.07) is 2.23. The molecule has 0 radical (unpaired) electrons. The quantitative estimate of drug-likeness (QED) is 0.390. The van der Waals surface area contributed by atoms with Crippen LogP contribution in [0.25, 0.3) is 22.4 Å². The van der Waals surface area contributed by atoms with E-state index in [2.05, 4.69) is 34.2 Å². The highest BCUT2D eigenvalue weighted by atomic mass is 16.5. The molecule has 0 bridgehead atoms. The molecule has 0 amide bonds. The maximum Gasteiger partial charge on any atom is 0.279 e. The fourth-order valence-corrected chi connectivity index (χ4v) is 4.07. The van der Waals surface area contributed by atoms with E-state index in [1.807, 2.05) is 11.6 Å². The van der Waals surface area contributed by atoms with E-state index in [1.165, 1.54) is 13.1 Å². The van der Waals surface area contributed by atoms with Crippen LogP contribution in [0, 0.1) is 0 Å². The number of hydrogen-bond donors (Lipinski definition) is 2. The molecule has 2 N–H and O–H groups in total. The number of nitrogens with zero attached hydrogens (tertiary/aromatic N) is 4. The summed E-state index contributed by atoms with van der Waals surface area (Å²) < 4.78 is 7.82. The van der Waals surface area contributed by atoms with E-state index in [0.29, 0.717) is 52.9 Å². The molecule has 0 aliphatic carbocycles. The van der Waals surface area contributed by atoms with Crippen molar-refractivity contribution in [1.82, 2.24) is 30.0 Å². The largest absolute Gasteiger partial charge is 0.477 e. The molecule has 9 nitrogen and oxygen atoms in total. The molecule has 2 unspecified atom stereocenters. The number of hydrogen-bond acceptors (Lipinski definition) is 7. The third kappa shape index (κ3) is 3.92. The average molecular weight is 439 g/mol. The number of fused-ring (bicyclic) bond motifs is 1. The van der Waals surface area contributed by atoms with Gasteiger partial charge in [-0.25, -0.2) is 9.97 Å². The lowest BCUT2D eigenvalue weighted by Gasteiger charge is -2.38. The topological polar surface area (TPSA) is 115 Å². The standard InChI is InChI=1S/C23H30N6O3/c1-5-8-9-32-23-15(10-14(11-25-23)13(4)30)21-26-19-17(7-3)29(18-12-24-16(18)6-2)28-20(19)22(31)27-21/h10-11,16,18,24H,5-9,12H2,1-4H3,(H,26,27,31). The number of ketones is 1. The minimum atomic E-state index is -0.313. The molecule has 1 aliphatic heterocycles. The molecule has 4 heterocycles. The number of carbonyl (C=O) groups excluding carboxylic acids is 1. The van der Waals surface area contributed by atoms with E-state index >= 15 is 0 Å². The van der Waals surface area contributed by atoms with Crippen LogP contribution >= 0.6 is 0 Å². The van der Waals surface area contributed by atoms with Crippen LogP contribution in [0.15, 0.2) is 17.1 Å². The van der Waals surface area contributed by atoms with Gasteiger partial charge in [0.05, 0.1) is 23.9 Å². The van der Waals surface area contributed by atoms with Crippen LogP contribution in [0.5, 0.6) is 5.88 Å². The highest BCUT2D eigenvalue weighted by Crippen LogP contribution is 2.30. The Morgan fingerprint density at radius 1 is 1.28 bits per heavy atom. The monoisotopic (exact) mass is 438 g/mol. The van der Waals surface area contributed by atoms with Gasteiger partial charge in [0.1, 0.15) is 11.3 Å². The molecule has 9 heteroatoms. The SMILES string of the molecule is CCCCOc1ncc(C(C)=O)cc1-c1nc2c(CC)n(C3CNC3CC)nc2c(=O)[nH]1. The van der Waals surface area contributed by atoms with Gasteiger partial charge in [-0.2, -0.15) is 5.10 Å². The van der Waals surface area contributed by atoms with Crippen molar-refractivity contribution in [2.45, 2.75) is 65.5 Å². The zero-order valence-electron chi connectivity index (χ0n) is 19.1. The van der Waals surface area contributed by atoms with E-state index in [4.69, 9.17) is 9.72 Å². The first kappa shape index (κ1) is 22.1. The predicted octanol–water partition coefficient (Wildman–Crippen LogP) is 3.05. The van der Waals surface area contributed by atoms with Crippen molar-refractivity contribution in [2.75, 3.05) is 13.2 Å². The second-order valence-electron chi connectivity index (χ2n) is 8.18. The Kier molecular flexibility index (Phi) is 6.36. The number of aromatic nitrogens is 5. The molecule has 170 valence electrons. The van der Waals surface area contributed by atoms with Gasteiger partial charge in [-0.1, -0.05) is 27.2 Å². The van der Waals surface area contributed by atoms with Gasteiger partial charge in [0, 0.05) is 24.3 Å². The van der Waals surface area contributed by atoms with Crippen LogP contribution < -0.4 is 15.6 Å².